The SMILES string of the molecule is CCCCCCCC/C=C\CCCCCCCC(=O)O.NC(=O)C(N)=O. The van der Waals surface area contributed by atoms with Crippen LogP contribution in [0.2, 0.25) is 0 Å². The molecule has 0 rings (SSSR count). The van der Waals surface area contributed by atoms with E-state index in [1.807, 2.05) is 0 Å². The average molecular weight is 371 g/mol. The van der Waals surface area contributed by atoms with Crippen molar-refractivity contribution in [3.8, 4) is 0 Å². The van der Waals surface area contributed by atoms with Crippen LogP contribution < -0.4 is 11.5 Å². The Morgan fingerprint density at radius 3 is 1.46 bits per heavy atom. The summed E-state index contributed by atoms with van der Waals surface area (Å²) in [6.07, 6.45) is 21.2. The molecule has 152 valence electrons. The number of nitrogens with two attached hydrogens (primary N) is 2. The molecule has 0 aromatic rings. The summed E-state index contributed by atoms with van der Waals surface area (Å²) < 4.78 is 0. The Morgan fingerprint density at radius 2 is 1.08 bits per heavy atom. The van der Waals surface area contributed by atoms with Crippen LogP contribution in [-0.2, 0) is 14.4 Å². The van der Waals surface area contributed by atoms with Gasteiger partial charge in [0.15, 0.2) is 0 Å². The Labute approximate surface area is 158 Å². The summed E-state index contributed by atoms with van der Waals surface area (Å²) >= 11 is 0. The molecule has 0 heterocycles. The van der Waals surface area contributed by atoms with Crippen molar-refractivity contribution in [1.82, 2.24) is 0 Å². The van der Waals surface area contributed by atoms with E-state index in [0.717, 1.165) is 12.8 Å². The van der Waals surface area contributed by atoms with E-state index in [1.54, 1.807) is 0 Å². The van der Waals surface area contributed by atoms with E-state index >= 15 is 0 Å². The fourth-order valence-corrected chi connectivity index (χ4v) is 2.35. The van der Waals surface area contributed by atoms with Gasteiger partial charge in [-0.25, -0.2) is 0 Å². The standard InChI is InChI=1S/C18H34O2.C2H4N2O2/c1-2-3-4-5-6-7-8-9-10-11-12-13-14-15-16-17-18(19)20;3-1(5)2(4)6/h9-10H,2-8,11-17H2,1H3,(H,19,20);(H2,3,5)(H2,4,6)/b10-9-;. The molecule has 0 radical (unpaired) electrons. The van der Waals surface area contributed by atoms with Gasteiger partial charge in [0.25, 0.3) is 0 Å². The number of primary amides is 2. The van der Waals surface area contributed by atoms with E-state index in [-0.39, 0.29) is 0 Å². The maximum atomic E-state index is 10.3. The van der Waals surface area contributed by atoms with Gasteiger partial charge in [-0.15, -0.1) is 0 Å². The van der Waals surface area contributed by atoms with Gasteiger partial charge in [-0.2, -0.15) is 0 Å². The molecular weight excluding hydrogens is 332 g/mol. The van der Waals surface area contributed by atoms with Crippen LogP contribution in [0.4, 0.5) is 0 Å². The van der Waals surface area contributed by atoms with Crippen LogP contribution >= 0.6 is 0 Å². The molecule has 0 unspecified atom stereocenters. The Kier molecular flexibility index (Phi) is 21.5. The largest absolute Gasteiger partial charge is 0.481 e. The molecule has 0 aliphatic carbocycles. The molecule has 0 aromatic heterocycles. The van der Waals surface area contributed by atoms with Crippen molar-refractivity contribution in [2.24, 2.45) is 11.5 Å². The lowest BCUT2D eigenvalue weighted by molar-refractivity contribution is -0.137. The predicted octanol–water partition coefficient (Wildman–Crippen LogP) is 4.07. The van der Waals surface area contributed by atoms with Crippen LogP contribution in [0.25, 0.3) is 0 Å². The van der Waals surface area contributed by atoms with Crippen LogP contribution in [0.1, 0.15) is 96.8 Å². The smallest absolute Gasteiger partial charge is 0.306 e. The third-order valence-electron chi connectivity index (χ3n) is 3.90. The second-order valence-electron chi connectivity index (χ2n) is 6.46. The zero-order valence-corrected chi connectivity index (χ0v) is 16.4. The molecule has 26 heavy (non-hydrogen) atoms. The van der Waals surface area contributed by atoms with Crippen LogP contribution in [-0.4, -0.2) is 22.9 Å². The highest BCUT2D eigenvalue weighted by molar-refractivity contribution is 6.33. The van der Waals surface area contributed by atoms with Crippen molar-refractivity contribution in [3.63, 3.8) is 0 Å². The van der Waals surface area contributed by atoms with Crippen LogP contribution in [0, 0.1) is 0 Å². The van der Waals surface area contributed by atoms with Gasteiger partial charge in [0.2, 0.25) is 0 Å². The number of amides is 2. The minimum Gasteiger partial charge on any atom is -0.481 e. The fraction of sp³-hybridized carbons (Fsp3) is 0.750. The van der Waals surface area contributed by atoms with E-state index in [1.165, 1.54) is 70.6 Å². The maximum Gasteiger partial charge on any atom is 0.306 e. The topological polar surface area (TPSA) is 123 Å². The number of rotatable bonds is 15. The second kappa shape index (κ2) is 21.2. The van der Waals surface area contributed by atoms with Gasteiger partial charge in [0, 0.05) is 6.42 Å². The lowest BCUT2D eigenvalue weighted by Gasteiger charge is -1.99. The fourth-order valence-electron chi connectivity index (χ4n) is 2.35. The third-order valence-corrected chi connectivity index (χ3v) is 3.90. The van der Waals surface area contributed by atoms with E-state index in [4.69, 9.17) is 5.11 Å². The van der Waals surface area contributed by atoms with Gasteiger partial charge < -0.3 is 16.6 Å². The Morgan fingerprint density at radius 1 is 0.692 bits per heavy atom. The van der Waals surface area contributed by atoms with Gasteiger partial charge in [-0.3, -0.25) is 14.4 Å². The summed E-state index contributed by atoms with van der Waals surface area (Å²) in [7, 11) is 0. The first kappa shape index (κ1) is 26.4. The number of carboxylic acid groups (broad SMARTS) is 1. The summed E-state index contributed by atoms with van der Waals surface area (Å²) in [5, 5.41) is 8.51. The van der Waals surface area contributed by atoms with Crippen molar-refractivity contribution in [1.29, 1.82) is 0 Å². The Bertz CT molecular complexity index is 383. The highest BCUT2D eigenvalue weighted by Crippen LogP contribution is 2.09. The highest BCUT2D eigenvalue weighted by atomic mass is 16.4. The number of carboxylic acids is 1. The molecule has 5 N–H and O–H groups in total. The van der Waals surface area contributed by atoms with Crippen molar-refractivity contribution in [3.05, 3.63) is 12.2 Å². The minimum atomic E-state index is -1.10. The second-order valence-corrected chi connectivity index (χ2v) is 6.46. The van der Waals surface area contributed by atoms with Crippen molar-refractivity contribution in [2.45, 2.75) is 96.8 Å². The summed E-state index contributed by atoms with van der Waals surface area (Å²) in [5.74, 6) is -2.87. The summed E-state index contributed by atoms with van der Waals surface area (Å²) in [5.41, 5.74) is 8.64. The molecule has 0 saturated carbocycles. The Balaban J connectivity index is 0. The van der Waals surface area contributed by atoms with Gasteiger partial charge in [-0.1, -0.05) is 70.4 Å². The molecule has 2 amide bonds. The molecule has 0 saturated heterocycles. The molecule has 0 aliphatic heterocycles. The lowest BCUT2D eigenvalue weighted by atomic mass is 10.1. The lowest BCUT2D eigenvalue weighted by Crippen LogP contribution is -2.29. The molecule has 0 aliphatic rings. The number of unbranched alkanes of at least 4 members (excludes halogenated alkanes) is 11. The molecular formula is C20H38N2O4. The van der Waals surface area contributed by atoms with Crippen molar-refractivity contribution < 1.29 is 19.5 Å². The van der Waals surface area contributed by atoms with Crippen LogP contribution in [0.3, 0.4) is 0 Å². The molecule has 0 spiro atoms. The van der Waals surface area contributed by atoms with E-state index in [9.17, 15) is 14.4 Å². The van der Waals surface area contributed by atoms with Gasteiger partial charge in [-0.05, 0) is 32.1 Å². The molecule has 0 atom stereocenters. The Hall–Kier alpha value is -1.85. The first-order chi connectivity index (χ1) is 12.4. The third kappa shape index (κ3) is 27.0. The van der Waals surface area contributed by atoms with E-state index < -0.39 is 17.8 Å². The summed E-state index contributed by atoms with van der Waals surface area (Å²) in [6, 6.07) is 0. The van der Waals surface area contributed by atoms with Crippen molar-refractivity contribution in [2.75, 3.05) is 0 Å². The monoisotopic (exact) mass is 370 g/mol. The molecule has 0 fully saturated rings. The maximum absolute atomic E-state index is 10.3. The summed E-state index contributed by atoms with van der Waals surface area (Å²) in [6.45, 7) is 2.26. The van der Waals surface area contributed by atoms with Gasteiger partial charge in [0.1, 0.15) is 0 Å². The zero-order valence-electron chi connectivity index (χ0n) is 16.4. The molecule has 0 bridgehead atoms. The van der Waals surface area contributed by atoms with Crippen LogP contribution in [0.5, 0.6) is 0 Å². The average Bonchev–Trinajstić information content (AvgIpc) is 2.58. The van der Waals surface area contributed by atoms with Crippen molar-refractivity contribution >= 4 is 17.8 Å². The molecule has 6 nitrogen and oxygen atoms in total. The van der Waals surface area contributed by atoms with E-state index in [0.29, 0.717) is 6.42 Å². The minimum absolute atomic E-state index is 0.332. The number of hydrogen-bond acceptors (Lipinski definition) is 3. The summed E-state index contributed by atoms with van der Waals surface area (Å²) in [4.78, 5) is 29.2. The van der Waals surface area contributed by atoms with Crippen LogP contribution in [0.15, 0.2) is 12.2 Å². The highest BCUT2D eigenvalue weighted by Gasteiger charge is 1.97. The van der Waals surface area contributed by atoms with Gasteiger partial charge in [0.05, 0.1) is 0 Å². The number of aliphatic carboxylic acids is 1. The molecule has 0 aromatic carbocycles. The van der Waals surface area contributed by atoms with Gasteiger partial charge >= 0.3 is 17.8 Å². The normalized spacial score (nSPS) is 10.3. The predicted molar refractivity (Wildman–Crippen MR) is 105 cm³/mol. The number of carbonyl (C=O) groups is 3. The first-order valence-electron chi connectivity index (χ1n) is 9.87. The zero-order chi connectivity index (χ0) is 20.0. The number of allylic oxidation sites excluding steroid dienone is 2. The quantitative estimate of drug-likeness (QED) is 0.228. The molecule has 6 heteroatoms. The number of carbonyl (C=O) groups excluding carboxylic acids is 2. The number of hydrogen-bond donors (Lipinski definition) is 3. The first-order valence-corrected chi connectivity index (χ1v) is 9.87. The van der Waals surface area contributed by atoms with E-state index in [2.05, 4.69) is 30.5 Å².